The maximum absolute atomic E-state index is 12.7. The molecule has 0 fully saturated rings. The van der Waals surface area contributed by atoms with E-state index in [1.807, 2.05) is 61.5 Å². The number of aliphatic carboxylic acids is 1. The zero-order valence-corrected chi connectivity index (χ0v) is 17.8. The highest BCUT2D eigenvalue weighted by Crippen LogP contribution is 2.26. The summed E-state index contributed by atoms with van der Waals surface area (Å²) in [7, 11) is 1.78. The smallest absolute Gasteiger partial charge is 0.317 e. The summed E-state index contributed by atoms with van der Waals surface area (Å²) in [5.74, 6) is -0.214. The SMILES string of the molecule is Cc1cccc(C(=O)c2ccc(OC(CCN(C)CC(=O)O)c3ccccc3)cc2)c1. The van der Waals surface area contributed by atoms with Crippen LogP contribution in [0, 0.1) is 6.92 Å². The second kappa shape index (κ2) is 10.5. The van der Waals surface area contributed by atoms with E-state index >= 15 is 0 Å². The van der Waals surface area contributed by atoms with Gasteiger partial charge in [0.15, 0.2) is 5.78 Å². The summed E-state index contributed by atoms with van der Waals surface area (Å²) in [5, 5.41) is 8.97. The lowest BCUT2D eigenvalue weighted by molar-refractivity contribution is -0.138. The first kappa shape index (κ1) is 22.2. The molecule has 0 amide bonds. The molecule has 160 valence electrons. The molecule has 5 heteroatoms. The number of carbonyl (C=O) groups is 2. The van der Waals surface area contributed by atoms with E-state index in [0.717, 1.165) is 11.1 Å². The van der Waals surface area contributed by atoms with E-state index in [1.54, 1.807) is 36.2 Å². The molecule has 0 aromatic heterocycles. The van der Waals surface area contributed by atoms with Gasteiger partial charge in [-0.05, 0) is 49.9 Å². The van der Waals surface area contributed by atoms with E-state index in [9.17, 15) is 9.59 Å². The minimum Gasteiger partial charge on any atom is -0.486 e. The first-order valence-electron chi connectivity index (χ1n) is 10.3. The van der Waals surface area contributed by atoms with Gasteiger partial charge >= 0.3 is 5.97 Å². The number of aryl methyl sites for hydroxylation is 1. The summed E-state index contributed by atoms with van der Waals surface area (Å²) in [6.07, 6.45) is 0.411. The van der Waals surface area contributed by atoms with Crippen molar-refractivity contribution in [3.8, 4) is 5.75 Å². The van der Waals surface area contributed by atoms with Crippen LogP contribution >= 0.6 is 0 Å². The summed E-state index contributed by atoms with van der Waals surface area (Å²) in [5.41, 5.74) is 3.34. The molecule has 5 nitrogen and oxygen atoms in total. The van der Waals surface area contributed by atoms with E-state index in [1.165, 1.54) is 0 Å². The molecule has 3 aromatic carbocycles. The number of carbonyl (C=O) groups excluding carboxylic acids is 1. The van der Waals surface area contributed by atoms with E-state index in [4.69, 9.17) is 9.84 Å². The number of ketones is 1. The van der Waals surface area contributed by atoms with Crippen molar-refractivity contribution in [2.45, 2.75) is 19.4 Å². The van der Waals surface area contributed by atoms with E-state index < -0.39 is 5.97 Å². The van der Waals surface area contributed by atoms with Gasteiger partial charge in [0.1, 0.15) is 11.9 Å². The Kier molecular flexibility index (Phi) is 7.57. The second-order valence-corrected chi connectivity index (χ2v) is 7.66. The van der Waals surface area contributed by atoms with Gasteiger partial charge in [-0.25, -0.2) is 0 Å². The van der Waals surface area contributed by atoms with Gasteiger partial charge in [0.25, 0.3) is 0 Å². The Morgan fingerprint density at radius 1 is 0.935 bits per heavy atom. The predicted molar refractivity (Wildman–Crippen MR) is 121 cm³/mol. The van der Waals surface area contributed by atoms with E-state index in [-0.39, 0.29) is 18.4 Å². The van der Waals surface area contributed by atoms with Gasteiger partial charge in [-0.1, -0.05) is 54.1 Å². The van der Waals surface area contributed by atoms with Gasteiger partial charge in [-0.3, -0.25) is 14.5 Å². The number of nitrogens with zero attached hydrogens (tertiary/aromatic N) is 1. The number of carboxylic acids is 1. The lowest BCUT2D eigenvalue weighted by Gasteiger charge is -2.22. The molecule has 0 heterocycles. The van der Waals surface area contributed by atoms with Crippen LogP contribution in [0.2, 0.25) is 0 Å². The van der Waals surface area contributed by atoms with Crippen molar-refractivity contribution in [3.05, 3.63) is 101 Å². The molecular formula is C26H27NO4. The van der Waals surface area contributed by atoms with E-state index in [0.29, 0.717) is 29.8 Å². The van der Waals surface area contributed by atoms with Crippen molar-refractivity contribution in [2.75, 3.05) is 20.1 Å². The first-order valence-corrected chi connectivity index (χ1v) is 10.3. The van der Waals surface area contributed by atoms with Crippen molar-refractivity contribution in [3.63, 3.8) is 0 Å². The van der Waals surface area contributed by atoms with Crippen molar-refractivity contribution >= 4 is 11.8 Å². The minimum absolute atomic E-state index is 0.0166. The fourth-order valence-corrected chi connectivity index (χ4v) is 3.41. The third-order valence-corrected chi connectivity index (χ3v) is 5.02. The molecule has 1 N–H and O–H groups in total. The molecular weight excluding hydrogens is 390 g/mol. The Balaban J connectivity index is 1.72. The summed E-state index contributed by atoms with van der Waals surface area (Å²) in [6, 6.07) is 24.6. The summed E-state index contributed by atoms with van der Waals surface area (Å²) in [6.45, 7) is 2.53. The van der Waals surface area contributed by atoms with Crippen LogP contribution in [0.1, 0.15) is 39.6 Å². The molecule has 0 aliphatic heterocycles. The van der Waals surface area contributed by atoms with Crippen molar-refractivity contribution in [1.29, 1.82) is 0 Å². The molecule has 0 saturated carbocycles. The number of ether oxygens (including phenoxy) is 1. The number of hydrogen-bond acceptors (Lipinski definition) is 4. The Hall–Kier alpha value is -3.44. The fourth-order valence-electron chi connectivity index (χ4n) is 3.41. The predicted octanol–water partition coefficient (Wildman–Crippen LogP) is 4.75. The highest BCUT2D eigenvalue weighted by molar-refractivity contribution is 6.09. The highest BCUT2D eigenvalue weighted by Gasteiger charge is 2.16. The van der Waals surface area contributed by atoms with Crippen LogP contribution in [0.5, 0.6) is 5.75 Å². The minimum atomic E-state index is -0.853. The van der Waals surface area contributed by atoms with Crippen molar-refractivity contribution in [2.24, 2.45) is 0 Å². The third-order valence-electron chi connectivity index (χ3n) is 5.02. The molecule has 1 atom stereocenters. The molecule has 0 aliphatic carbocycles. The van der Waals surface area contributed by atoms with Crippen LogP contribution in [-0.2, 0) is 4.79 Å². The number of rotatable bonds is 10. The van der Waals surface area contributed by atoms with Crippen LogP contribution in [0.15, 0.2) is 78.9 Å². The third kappa shape index (κ3) is 6.52. The Morgan fingerprint density at radius 2 is 1.65 bits per heavy atom. The standard InChI is InChI=1S/C26H27NO4/c1-19-7-6-10-22(17-19)26(30)21-11-13-23(14-12-21)31-24(20-8-4-3-5-9-20)15-16-27(2)18-25(28)29/h3-14,17,24H,15-16,18H2,1-2H3,(H,28,29). The molecule has 31 heavy (non-hydrogen) atoms. The Labute approximate surface area is 182 Å². The maximum atomic E-state index is 12.7. The van der Waals surface area contributed by atoms with Gasteiger partial charge in [-0.15, -0.1) is 0 Å². The quantitative estimate of drug-likeness (QED) is 0.482. The Morgan fingerprint density at radius 3 is 2.29 bits per heavy atom. The number of benzene rings is 3. The molecule has 3 aromatic rings. The molecule has 0 aliphatic rings. The topological polar surface area (TPSA) is 66.8 Å². The number of carboxylic acid groups (broad SMARTS) is 1. The lowest BCUT2D eigenvalue weighted by Crippen LogP contribution is -2.28. The summed E-state index contributed by atoms with van der Waals surface area (Å²) >= 11 is 0. The first-order chi connectivity index (χ1) is 14.9. The van der Waals surface area contributed by atoms with Gasteiger partial charge < -0.3 is 9.84 Å². The molecule has 3 rings (SSSR count). The maximum Gasteiger partial charge on any atom is 0.317 e. The monoisotopic (exact) mass is 417 g/mol. The molecule has 0 radical (unpaired) electrons. The zero-order valence-electron chi connectivity index (χ0n) is 17.8. The molecule has 0 saturated heterocycles. The van der Waals surface area contributed by atoms with Crippen molar-refractivity contribution < 1.29 is 19.4 Å². The summed E-state index contributed by atoms with van der Waals surface area (Å²) in [4.78, 5) is 25.4. The number of hydrogen-bond donors (Lipinski definition) is 1. The van der Waals surface area contributed by atoms with Gasteiger partial charge in [0, 0.05) is 24.1 Å². The van der Waals surface area contributed by atoms with Crippen LogP contribution in [0.3, 0.4) is 0 Å². The van der Waals surface area contributed by atoms with E-state index in [2.05, 4.69) is 0 Å². The highest BCUT2D eigenvalue weighted by atomic mass is 16.5. The van der Waals surface area contributed by atoms with Crippen LogP contribution in [0.25, 0.3) is 0 Å². The molecule has 1 unspecified atom stereocenters. The second-order valence-electron chi connectivity index (χ2n) is 7.66. The number of likely N-dealkylation sites (N-methyl/N-ethyl adjacent to an activating group) is 1. The van der Waals surface area contributed by atoms with Crippen molar-refractivity contribution in [1.82, 2.24) is 4.90 Å². The largest absolute Gasteiger partial charge is 0.486 e. The molecule has 0 bridgehead atoms. The average molecular weight is 418 g/mol. The van der Waals surface area contributed by atoms with Crippen LogP contribution in [0.4, 0.5) is 0 Å². The summed E-state index contributed by atoms with van der Waals surface area (Å²) < 4.78 is 6.23. The normalized spacial score (nSPS) is 11.8. The van der Waals surface area contributed by atoms with Gasteiger partial charge in [0.05, 0.1) is 6.54 Å². The van der Waals surface area contributed by atoms with Gasteiger partial charge in [0.2, 0.25) is 0 Å². The average Bonchev–Trinajstić information content (AvgIpc) is 2.76. The zero-order chi connectivity index (χ0) is 22.2. The van der Waals surface area contributed by atoms with Gasteiger partial charge in [-0.2, -0.15) is 0 Å². The lowest BCUT2D eigenvalue weighted by atomic mass is 10.0. The fraction of sp³-hybridized carbons (Fsp3) is 0.231. The Bertz CT molecular complexity index is 1020. The van der Waals surface area contributed by atoms with Crippen LogP contribution < -0.4 is 4.74 Å². The van der Waals surface area contributed by atoms with Crippen LogP contribution in [-0.4, -0.2) is 41.9 Å². The molecule has 0 spiro atoms.